The molecule has 2 aromatic rings. The fraction of sp³-hybridized carbons (Fsp3) is 0.350. The van der Waals surface area contributed by atoms with Crippen LogP contribution in [0.3, 0.4) is 0 Å². The van der Waals surface area contributed by atoms with Gasteiger partial charge in [-0.3, -0.25) is 4.79 Å². The van der Waals surface area contributed by atoms with Crippen LogP contribution < -0.4 is 4.74 Å². The molecule has 0 saturated carbocycles. The van der Waals surface area contributed by atoms with Gasteiger partial charge >= 0.3 is 0 Å². The highest BCUT2D eigenvalue weighted by Gasteiger charge is 2.28. The van der Waals surface area contributed by atoms with Gasteiger partial charge in [-0.15, -0.1) is 0 Å². The Bertz CT molecular complexity index is 695. The number of aliphatic hydroxyl groups is 1. The number of nitrogens with zero attached hydrogens (tertiary/aromatic N) is 1. The van der Waals surface area contributed by atoms with Gasteiger partial charge in [0.25, 0.3) is 0 Å². The second-order valence-corrected chi connectivity index (χ2v) is 6.37. The van der Waals surface area contributed by atoms with Gasteiger partial charge in [-0.1, -0.05) is 42.5 Å². The highest BCUT2D eigenvalue weighted by molar-refractivity contribution is 5.77. The maximum atomic E-state index is 12.5. The van der Waals surface area contributed by atoms with Crippen LogP contribution in [0.2, 0.25) is 0 Å². The van der Waals surface area contributed by atoms with Gasteiger partial charge in [-0.2, -0.15) is 0 Å². The van der Waals surface area contributed by atoms with E-state index < -0.39 is 5.60 Å². The Morgan fingerprint density at radius 3 is 2.46 bits per heavy atom. The lowest BCUT2D eigenvalue weighted by atomic mass is 9.92. The second kappa shape index (κ2) is 7.49. The molecule has 2 aromatic carbocycles. The molecule has 0 radical (unpaired) electrons. The molecule has 24 heavy (non-hydrogen) atoms. The van der Waals surface area contributed by atoms with E-state index in [-0.39, 0.29) is 12.3 Å². The van der Waals surface area contributed by atoms with Crippen molar-refractivity contribution in [2.24, 2.45) is 0 Å². The molecule has 1 N–H and O–H groups in total. The smallest absolute Gasteiger partial charge is 0.225 e. The summed E-state index contributed by atoms with van der Waals surface area (Å²) in [4.78, 5) is 14.1. The summed E-state index contributed by atoms with van der Waals surface area (Å²) in [6.07, 6.45) is 0.0443. The first-order chi connectivity index (χ1) is 11.3. The molecule has 4 heteroatoms. The van der Waals surface area contributed by atoms with E-state index >= 15 is 0 Å². The number of ether oxygens (including phenoxy) is 1. The Labute approximate surface area is 143 Å². The van der Waals surface area contributed by atoms with Crippen LogP contribution in [-0.2, 0) is 16.9 Å². The van der Waals surface area contributed by atoms with Gasteiger partial charge in [0, 0.05) is 13.6 Å². The van der Waals surface area contributed by atoms with Crippen molar-refractivity contribution in [2.75, 3.05) is 14.2 Å². The first-order valence-electron chi connectivity index (χ1n) is 7.99. The van der Waals surface area contributed by atoms with Crippen LogP contribution in [0.4, 0.5) is 0 Å². The number of methoxy groups -OCH3 is 1. The zero-order valence-corrected chi connectivity index (χ0v) is 14.7. The summed E-state index contributed by atoms with van der Waals surface area (Å²) < 4.78 is 5.25. The molecule has 0 aliphatic heterocycles. The number of carbonyl (C=O) groups excluding carboxylic acids is 1. The van der Waals surface area contributed by atoms with Gasteiger partial charge in [-0.05, 0) is 36.6 Å². The molecule has 0 aliphatic carbocycles. The van der Waals surface area contributed by atoms with Crippen molar-refractivity contribution in [1.82, 2.24) is 4.90 Å². The third-order valence-electron chi connectivity index (χ3n) is 4.20. The topological polar surface area (TPSA) is 49.8 Å². The zero-order valence-electron chi connectivity index (χ0n) is 14.7. The molecule has 1 atom stereocenters. The molecule has 0 fully saturated rings. The van der Waals surface area contributed by atoms with Crippen molar-refractivity contribution in [2.45, 2.75) is 32.4 Å². The molecule has 1 unspecified atom stereocenters. The lowest BCUT2D eigenvalue weighted by Gasteiger charge is -2.26. The summed E-state index contributed by atoms with van der Waals surface area (Å²) in [5.74, 6) is 0.733. The van der Waals surface area contributed by atoms with E-state index in [0.717, 1.165) is 22.4 Å². The fourth-order valence-electron chi connectivity index (χ4n) is 2.73. The Kier molecular flexibility index (Phi) is 5.62. The van der Waals surface area contributed by atoms with Crippen molar-refractivity contribution in [3.05, 3.63) is 65.2 Å². The second-order valence-electron chi connectivity index (χ2n) is 6.37. The molecular weight excluding hydrogens is 302 g/mol. The van der Waals surface area contributed by atoms with Crippen molar-refractivity contribution in [1.29, 1.82) is 0 Å². The number of amides is 1. The third-order valence-corrected chi connectivity index (χ3v) is 4.20. The van der Waals surface area contributed by atoms with E-state index in [1.165, 1.54) is 0 Å². The monoisotopic (exact) mass is 327 g/mol. The zero-order chi connectivity index (χ0) is 17.7. The van der Waals surface area contributed by atoms with Crippen molar-refractivity contribution >= 4 is 5.91 Å². The molecule has 1 amide bonds. The van der Waals surface area contributed by atoms with Gasteiger partial charge < -0.3 is 14.7 Å². The molecule has 2 rings (SSSR count). The van der Waals surface area contributed by atoms with Crippen LogP contribution in [0.25, 0.3) is 0 Å². The van der Waals surface area contributed by atoms with Crippen molar-refractivity contribution in [3.63, 3.8) is 0 Å². The van der Waals surface area contributed by atoms with Crippen LogP contribution in [0.5, 0.6) is 5.75 Å². The maximum absolute atomic E-state index is 12.5. The minimum atomic E-state index is -1.18. The predicted molar refractivity (Wildman–Crippen MR) is 94.8 cm³/mol. The van der Waals surface area contributed by atoms with Crippen molar-refractivity contribution < 1.29 is 14.6 Å². The molecule has 0 saturated heterocycles. The van der Waals surface area contributed by atoms with E-state index in [2.05, 4.69) is 0 Å². The largest absolute Gasteiger partial charge is 0.496 e. The molecule has 0 aliphatic rings. The fourth-order valence-corrected chi connectivity index (χ4v) is 2.73. The highest BCUT2D eigenvalue weighted by atomic mass is 16.5. The molecule has 0 bridgehead atoms. The summed E-state index contributed by atoms with van der Waals surface area (Å²) in [5.41, 5.74) is 1.63. The molecular formula is C20H25NO3. The molecule has 128 valence electrons. The van der Waals surface area contributed by atoms with E-state index in [4.69, 9.17) is 4.74 Å². The molecule has 4 nitrogen and oxygen atoms in total. The lowest BCUT2D eigenvalue weighted by Crippen LogP contribution is -2.34. The first kappa shape index (κ1) is 18.0. The van der Waals surface area contributed by atoms with E-state index in [1.54, 1.807) is 26.0 Å². The summed E-state index contributed by atoms with van der Waals surface area (Å²) in [6.45, 7) is 4.14. The Morgan fingerprint density at radius 2 is 1.88 bits per heavy atom. The molecule has 0 aromatic heterocycles. The number of rotatable bonds is 6. The predicted octanol–water partition coefficient (Wildman–Crippen LogP) is 3.26. The van der Waals surface area contributed by atoms with Crippen LogP contribution >= 0.6 is 0 Å². The normalized spacial score (nSPS) is 13.2. The number of hydrogen-bond acceptors (Lipinski definition) is 3. The van der Waals surface area contributed by atoms with Gasteiger partial charge in [0.1, 0.15) is 5.75 Å². The highest BCUT2D eigenvalue weighted by Crippen LogP contribution is 2.25. The minimum Gasteiger partial charge on any atom is -0.496 e. The number of hydrogen-bond donors (Lipinski definition) is 1. The Hall–Kier alpha value is -2.33. The van der Waals surface area contributed by atoms with Crippen molar-refractivity contribution in [3.8, 4) is 5.75 Å². The summed E-state index contributed by atoms with van der Waals surface area (Å²) >= 11 is 0. The van der Waals surface area contributed by atoms with E-state index in [0.29, 0.717) is 6.54 Å². The van der Waals surface area contributed by atoms with Gasteiger partial charge in [0.15, 0.2) is 0 Å². The van der Waals surface area contributed by atoms with Crippen LogP contribution in [0.15, 0.2) is 48.5 Å². The van der Waals surface area contributed by atoms with E-state index in [9.17, 15) is 9.90 Å². The van der Waals surface area contributed by atoms with Gasteiger partial charge in [0.2, 0.25) is 5.91 Å². The Morgan fingerprint density at radius 1 is 1.21 bits per heavy atom. The average molecular weight is 327 g/mol. The van der Waals surface area contributed by atoms with Crippen LogP contribution in [-0.4, -0.2) is 30.1 Å². The quantitative estimate of drug-likeness (QED) is 0.886. The summed E-state index contributed by atoms with van der Waals surface area (Å²) in [6, 6.07) is 15.1. The summed E-state index contributed by atoms with van der Waals surface area (Å²) in [7, 11) is 3.40. The lowest BCUT2D eigenvalue weighted by molar-refractivity contribution is -0.135. The number of aryl methyl sites for hydroxylation is 1. The first-order valence-corrected chi connectivity index (χ1v) is 7.99. The third kappa shape index (κ3) is 4.36. The standard InChI is InChI=1S/C20H25NO3/c1-15-12-16(10-11-18(15)24-4)14-21(3)19(22)13-20(2,23)17-8-6-5-7-9-17/h5-12,23H,13-14H2,1-4H3. The van der Waals surface area contributed by atoms with Gasteiger partial charge in [0.05, 0.1) is 19.1 Å². The minimum absolute atomic E-state index is 0.0443. The average Bonchev–Trinajstić information content (AvgIpc) is 2.55. The number of carbonyl (C=O) groups is 1. The summed E-state index contributed by atoms with van der Waals surface area (Å²) in [5, 5.41) is 10.6. The maximum Gasteiger partial charge on any atom is 0.225 e. The number of benzene rings is 2. The van der Waals surface area contributed by atoms with Crippen LogP contribution in [0.1, 0.15) is 30.0 Å². The van der Waals surface area contributed by atoms with Gasteiger partial charge in [-0.25, -0.2) is 0 Å². The molecule has 0 spiro atoms. The van der Waals surface area contributed by atoms with E-state index in [1.807, 2.05) is 55.5 Å². The SMILES string of the molecule is COc1ccc(CN(C)C(=O)CC(C)(O)c2ccccc2)cc1C. The molecule has 0 heterocycles. The van der Waals surface area contributed by atoms with Crippen LogP contribution in [0, 0.1) is 6.92 Å². The Balaban J connectivity index is 2.03.